The van der Waals surface area contributed by atoms with Crippen LogP contribution in [0.4, 0.5) is 0 Å². The van der Waals surface area contributed by atoms with Gasteiger partial charge in [-0.2, -0.15) is 0 Å². The average Bonchev–Trinajstić information content (AvgIpc) is 2.41. The summed E-state index contributed by atoms with van der Waals surface area (Å²) in [5.74, 6) is 0.101. The number of benzene rings is 1. The Kier molecular flexibility index (Phi) is 4.50. The molecule has 1 heterocycles. The third kappa shape index (κ3) is 3.44. The van der Waals surface area contributed by atoms with Crippen LogP contribution >= 0.6 is 0 Å². The molecule has 2 N–H and O–H groups in total. The highest BCUT2D eigenvalue weighted by Gasteiger charge is 2.02. The van der Waals surface area contributed by atoms with E-state index in [1.807, 2.05) is 38.1 Å². The minimum atomic E-state index is -0.0430. The molecule has 1 aromatic carbocycles. The molecular formula is C16H17NO3. The molecule has 0 saturated heterocycles. The highest BCUT2D eigenvalue weighted by molar-refractivity contribution is 5.71. The summed E-state index contributed by atoms with van der Waals surface area (Å²) >= 11 is 0. The Balaban J connectivity index is 2.24. The van der Waals surface area contributed by atoms with Crippen LogP contribution < -0.4 is 0 Å². The van der Waals surface area contributed by atoms with Crippen molar-refractivity contribution in [1.82, 2.24) is 4.98 Å². The highest BCUT2D eigenvalue weighted by atomic mass is 17.1. The number of aromatic nitrogens is 1. The number of pyridine rings is 1. The zero-order valence-electron chi connectivity index (χ0n) is 11.5. The molecule has 0 fully saturated rings. The minimum Gasteiger partial charge on any atom is -0.508 e. The lowest BCUT2D eigenvalue weighted by atomic mass is 10.1. The van der Waals surface area contributed by atoms with Gasteiger partial charge in [0.15, 0.2) is 0 Å². The molecule has 1 aromatic heterocycles. The van der Waals surface area contributed by atoms with Gasteiger partial charge in [0.05, 0.1) is 0 Å². The SMILES string of the molecule is Cc1ccc(/C=C/c2ccc(O)c(COO)c2)c(C)n1. The van der Waals surface area contributed by atoms with Crippen molar-refractivity contribution < 1.29 is 15.3 Å². The van der Waals surface area contributed by atoms with Crippen molar-refractivity contribution >= 4 is 12.2 Å². The molecule has 4 nitrogen and oxygen atoms in total. The van der Waals surface area contributed by atoms with Crippen LogP contribution in [-0.4, -0.2) is 15.3 Å². The molecule has 2 rings (SSSR count). The van der Waals surface area contributed by atoms with Gasteiger partial charge in [-0.3, -0.25) is 10.2 Å². The zero-order chi connectivity index (χ0) is 14.5. The van der Waals surface area contributed by atoms with E-state index >= 15 is 0 Å². The number of hydrogen-bond donors (Lipinski definition) is 2. The van der Waals surface area contributed by atoms with E-state index in [0.717, 1.165) is 22.5 Å². The molecule has 0 spiro atoms. The fourth-order valence-corrected chi connectivity index (χ4v) is 1.95. The normalized spacial score (nSPS) is 11.2. The van der Waals surface area contributed by atoms with Crippen LogP contribution in [0.15, 0.2) is 30.3 Å². The fourth-order valence-electron chi connectivity index (χ4n) is 1.95. The standard InChI is InChI=1S/C16H17NO3/c1-11-3-6-14(12(2)17-11)7-4-13-5-8-16(18)15(9-13)10-20-19/h3-9,18-19H,10H2,1-2H3/b7-4+. The van der Waals surface area contributed by atoms with Crippen molar-refractivity contribution in [2.24, 2.45) is 0 Å². The fraction of sp³-hybridized carbons (Fsp3) is 0.188. The first-order valence-electron chi connectivity index (χ1n) is 6.31. The molecule has 4 heteroatoms. The van der Waals surface area contributed by atoms with E-state index < -0.39 is 0 Å². The Labute approximate surface area is 117 Å². The van der Waals surface area contributed by atoms with E-state index in [4.69, 9.17) is 5.26 Å². The second-order valence-electron chi connectivity index (χ2n) is 4.62. The Morgan fingerprint density at radius 1 is 1.15 bits per heavy atom. The number of nitrogens with zero attached hydrogens (tertiary/aromatic N) is 1. The second-order valence-corrected chi connectivity index (χ2v) is 4.62. The lowest BCUT2D eigenvalue weighted by Crippen LogP contribution is -1.90. The van der Waals surface area contributed by atoms with Gasteiger partial charge in [-0.15, -0.1) is 0 Å². The maximum atomic E-state index is 9.60. The second kappa shape index (κ2) is 6.32. The Hall–Kier alpha value is -2.17. The lowest BCUT2D eigenvalue weighted by Gasteiger charge is -2.04. The van der Waals surface area contributed by atoms with E-state index in [1.54, 1.807) is 18.2 Å². The number of aromatic hydroxyl groups is 1. The van der Waals surface area contributed by atoms with Crippen LogP contribution in [-0.2, 0) is 11.5 Å². The van der Waals surface area contributed by atoms with Gasteiger partial charge in [-0.1, -0.05) is 24.3 Å². The third-order valence-electron chi connectivity index (χ3n) is 3.04. The van der Waals surface area contributed by atoms with E-state index in [2.05, 4.69) is 9.87 Å². The van der Waals surface area contributed by atoms with Crippen molar-refractivity contribution in [2.75, 3.05) is 0 Å². The summed E-state index contributed by atoms with van der Waals surface area (Å²) in [7, 11) is 0. The zero-order valence-corrected chi connectivity index (χ0v) is 11.5. The third-order valence-corrected chi connectivity index (χ3v) is 3.04. The molecule has 2 aromatic rings. The van der Waals surface area contributed by atoms with Crippen LogP contribution in [0.25, 0.3) is 12.2 Å². The molecule has 20 heavy (non-hydrogen) atoms. The van der Waals surface area contributed by atoms with Gasteiger partial charge >= 0.3 is 0 Å². The van der Waals surface area contributed by atoms with E-state index in [0.29, 0.717) is 5.56 Å². The number of phenolic OH excluding ortho intramolecular Hbond substituents is 1. The predicted molar refractivity (Wildman–Crippen MR) is 78.2 cm³/mol. The molecule has 0 amide bonds. The molecule has 0 radical (unpaired) electrons. The number of phenols is 1. The van der Waals surface area contributed by atoms with E-state index in [9.17, 15) is 5.11 Å². The predicted octanol–water partition coefficient (Wildman–Crippen LogP) is 3.56. The molecular weight excluding hydrogens is 254 g/mol. The summed E-state index contributed by atoms with van der Waals surface area (Å²) in [5, 5.41) is 18.1. The maximum absolute atomic E-state index is 9.60. The molecule has 104 valence electrons. The Bertz CT molecular complexity index is 636. The van der Waals surface area contributed by atoms with Crippen molar-refractivity contribution in [2.45, 2.75) is 20.5 Å². The van der Waals surface area contributed by atoms with Crippen LogP contribution in [0.3, 0.4) is 0 Å². The summed E-state index contributed by atoms with van der Waals surface area (Å²) < 4.78 is 0. The first-order valence-corrected chi connectivity index (χ1v) is 6.31. The van der Waals surface area contributed by atoms with Gasteiger partial charge in [-0.25, -0.2) is 4.89 Å². The number of rotatable bonds is 4. The highest BCUT2D eigenvalue weighted by Crippen LogP contribution is 2.21. The average molecular weight is 271 g/mol. The first kappa shape index (κ1) is 14.2. The number of aryl methyl sites for hydroxylation is 2. The van der Waals surface area contributed by atoms with Gasteiger partial charge in [0, 0.05) is 17.0 Å². The first-order chi connectivity index (χ1) is 9.60. The molecule has 0 aliphatic carbocycles. The van der Waals surface area contributed by atoms with Crippen LogP contribution in [0, 0.1) is 13.8 Å². The molecule has 0 atom stereocenters. The van der Waals surface area contributed by atoms with Gasteiger partial charge in [0.2, 0.25) is 0 Å². The smallest absolute Gasteiger partial charge is 0.121 e. The van der Waals surface area contributed by atoms with Gasteiger partial charge in [-0.05, 0) is 43.2 Å². The lowest BCUT2D eigenvalue weighted by molar-refractivity contribution is -0.253. The van der Waals surface area contributed by atoms with Crippen molar-refractivity contribution in [3.63, 3.8) is 0 Å². The van der Waals surface area contributed by atoms with Crippen LogP contribution in [0.1, 0.15) is 28.1 Å². The largest absolute Gasteiger partial charge is 0.508 e. The number of hydrogen-bond acceptors (Lipinski definition) is 4. The van der Waals surface area contributed by atoms with Crippen LogP contribution in [0.5, 0.6) is 5.75 Å². The van der Waals surface area contributed by atoms with Gasteiger partial charge in [0.1, 0.15) is 12.4 Å². The molecule has 0 bridgehead atoms. The quantitative estimate of drug-likeness (QED) is 0.659. The summed E-state index contributed by atoms with van der Waals surface area (Å²) in [6, 6.07) is 9.12. The van der Waals surface area contributed by atoms with Crippen LogP contribution in [0.2, 0.25) is 0 Å². The minimum absolute atomic E-state index is 0.0430. The summed E-state index contributed by atoms with van der Waals surface area (Å²) in [4.78, 5) is 8.47. The van der Waals surface area contributed by atoms with Crippen molar-refractivity contribution in [3.05, 3.63) is 58.4 Å². The molecule has 0 aliphatic rings. The summed E-state index contributed by atoms with van der Waals surface area (Å²) in [6.07, 6.45) is 3.90. The van der Waals surface area contributed by atoms with Gasteiger partial charge < -0.3 is 5.11 Å². The summed E-state index contributed by atoms with van der Waals surface area (Å²) in [5.41, 5.74) is 4.46. The summed E-state index contributed by atoms with van der Waals surface area (Å²) in [6.45, 7) is 3.88. The monoisotopic (exact) mass is 271 g/mol. The van der Waals surface area contributed by atoms with E-state index in [-0.39, 0.29) is 12.4 Å². The molecule has 0 saturated carbocycles. The molecule has 0 unspecified atom stereocenters. The maximum Gasteiger partial charge on any atom is 0.121 e. The van der Waals surface area contributed by atoms with Crippen molar-refractivity contribution in [3.8, 4) is 5.75 Å². The van der Waals surface area contributed by atoms with Gasteiger partial charge in [0.25, 0.3) is 0 Å². The Morgan fingerprint density at radius 3 is 2.65 bits per heavy atom. The topological polar surface area (TPSA) is 62.6 Å². The van der Waals surface area contributed by atoms with Crippen molar-refractivity contribution in [1.29, 1.82) is 0 Å². The molecule has 0 aliphatic heterocycles. The van der Waals surface area contributed by atoms with E-state index in [1.165, 1.54) is 0 Å². The Morgan fingerprint density at radius 2 is 1.95 bits per heavy atom.